The van der Waals surface area contributed by atoms with Crippen LogP contribution in [0.3, 0.4) is 0 Å². The molecular weight excluding hydrogens is 192 g/mol. The summed E-state index contributed by atoms with van der Waals surface area (Å²) >= 11 is 0. The second-order valence-corrected chi connectivity index (χ2v) is 5.12. The number of aliphatic hydroxyl groups excluding tert-OH is 1. The fraction of sp³-hybridized carbons (Fsp3) is 0.750. The molecule has 3 heteroatoms. The van der Waals surface area contributed by atoms with Crippen LogP contribution in [0.2, 0.25) is 0 Å². The number of rotatable bonds is 1. The summed E-state index contributed by atoms with van der Waals surface area (Å²) in [5.41, 5.74) is -0.821. The number of carbonyl (C=O) groups excluding carboxylic acids is 1. The third-order valence-corrected chi connectivity index (χ3v) is 3.02. The van der Waals surface area contributed by atoms with E-state index in [0.717, 1.165) is 0 Å². The zero-order valence-electron chi connectivity index (χ0n) is 9.91. The molecule has 0 saturated carbocycles. The summed E-state index contributed by atoms with van der Waals surface area (Å²) < 4.78 is 5.26. The van der Waals surface area contributed by atoms with E-state index in [2.05, 4.69) is 0 Å². The number of carbonyl (C=O) groups is 1. The minimum absolute atomic E-state index is 0.252. The Bertz CT molecular complexity index is 281. The first-order valence-corrected chi connectivity index (χ1v) is 5.33. The van der Waals surface area contributed by atoms with E-state index in [1.165, 1.54) is 6.92 Å². The van der Waals surface area contributed by atoms with Crippen molar-refractivity contribution in [1.29, 1.82) is 0 Å². The highest BCUT2D eigenvalue weighted by Gasteiger charge is 2.34. The van der Waals surface area contributed by atoms with E-state index in [9.17, 15) is 9.90 Å². The van der Waals surface area contributed by atoms with Crippen molar-refractivity contribution in [2.75, 3.05) is 0 Å². The van der Waals surface area contributed by atoms with Crippen LogP contribution < -0.4 is 0 Å². The molecule has 0 amide bonds. The largest absolute Gasteiger partial charge is 0.455 e. The highest BCUT2D eigenvalue weighted by atomic mass is 16.6. The van der Waals surface area contributed by atoms with Gasteiger partial charge in [-0.1, -0.05) is 19.9 Å². The van der Waals surface area contributed by atoms with Crippen molar-refractivity contribution in [3.63, 3.8) is 0 Å². The van der Waals surface area contributed by atoms with E-state index in [0.29, 0.717) is 12.8 Å². The van der Waals surface area contributed by atoms with Crippen LogP contribution in [0.4, 0.5) is 0 Å². The van der Waals surface area contributed by atoms with Crippen molar-refractivity contribution in [2.45, 2.75) is 52.2 Å². The van der Waals surface area contributed by atoms with Crippen molar-refractivity contribution in [3.05, 3.63) is 12.2 Å². The fourth-order valence-electron chi connectivity index (χ4n) is 1.79. The van der Waals surface area contributed by atoms with Crippen LogP contribution >= 0.6 is 0 Å². The average molecular weight is 212 g/mol. The molecule has 1 unspecified atom stereocenters. The summed E-state index contributed by atoms with van der Waals surface area (Å²) in [6.45, 7) is 7.24. The Morgan fingerprint density at radius 1 is 1.40 bits per heavy atom. The molecule has 0 aromatic heterocycles. The van der Waals surface area contributed by atoms with Crippen LogP contribution in [0.1, 0.15) is 40.5 Å². The van der Waals surface area contributed by atoms with Gasteiger partial charge < -0.3 is 9.84 Å². The van der Waals surface area contributed by atoms with Crippen molar-refractivity contribution < 1.29 is 14.6 Å². The molecule has 0 aromatic rings. The minimum atomic E-state index is -0.569. The third kappa shape index (κ3) is 3.06. The molecule has 0 saturated heterocycles. The Morgan fingerprint density at radius 2 is 2.00 bits per heavy atom. The van der Waals surface area contributed by atoms with Gasteiger partial charge in [0.2, 0.25) is 0 Å². The number of hydrogen-bond donors (Lipinski definition) is 1. The van der Waals surface area contributed by atoms with Gasteiger partial charge >= 0.3 is 5.97 Å². The Morgan fingerprint density at radius 3 is 2.53 bits per heavy atom. The van der Waals surface area contributed by atoms with Crippen molar-refractivity contribution in [3.8, 4) is 0 Å². The molecule has 0 bridgehead atoms. The summed E-state index contributed by atoms with van der Waals surface area (Å²) in [4.78, 5) is 11.0. The highest BCUT2D eigenvalue weighted by Crippen LogP contribution is 2.34. The van der Waals surface area contributed by atoms with Crippen LogP contribution in [0, 0.1) is 5.41 Å². The zero-order chi connectivity index (χ0) is 11.7. The molecule has 86 valence electrons. The maximum absolute atomic E-state index is 11.0. The lowest BCUT2D eigenvalue weighted by Gasteiger charge is -2.26. The maximum atomic E-state index is 11.0. The van der Waals surface area contributed by atoms with Gasteiger partial charge in [-0.15, -0.1) is 0 Å². The van der Waals surface area contributed by atoms with E-state index in [-0.39, 0.29) is 17.5 Å². The monoisotopic (exact) mass is 212 g/mol. The van der Waals surface area contributed by atoms with Gasteiger partial charge in [0.1, 0.15) is 5.60 Å². The second-order valence-electron chi connectivity index (χ2n) is 5.12. The molecule has 0 heterocycles. The van der Waals surface area contributed by atoms with E-state index in [1.54, 1.807) is 0 Å². The summed E-state index contributed by atoms with van der Waals surface area (Å²) in [5, 5.41) is 9.89. The van der Waals surface area contributed by atoms with E-state index >= 15 is 0 Å². The summed E-state index contributed by atoms with van der Waals surface area (Å²) in [7, 11) is 0. The van der Waals surface area contributed by atoms with Crippen molar-refractivity contribution in [1.82, 2.24) is 0 Å². The van der Waals surface area contributed by atoms with E-state index < -0.39 is 5.60 Å². The molecule has 15 heavy (non-hydrogen) atoms. The molecule has 0 aromatic carbocycles. The number of aliphatic hydroxyl groups is 1. The lowest BCUT2D eigenvalue weighted by molar-refractivity contribution is -0.151. The van der Waals surface area contributed by atoms with Gasteiger partial charge in [0.15, 0.2) is 0 Å². The van der Waals surface area contributed by atoms with Crippen LogP contribution in [-0.4, -0.2) is 22.8 Å². The van der Waals surface area contributed by atoms with Crippen LogP contribution in [-0.2, 0) is 9.53 Å². The standard InChI is InChI=1S/C12H20O3/c1-9(13)15-12(4)6-5-10(14)11(2,3)7-8-12/h7-8,10,14H,5-6H2,1-4H3/t10-,12?/m0/s1. The molecule has 1 aliphatic rings. The van der Waals surface area contributed by atoms with Crippen molar-refractivity contribution >= 4 is 5.97 Å². The summed E-state index contributed by atoms with van der Waals surface area (Å²) in [6.07, 6.45) is 4.75. The molecule has 3 nitrogen and oxygen atoms in total. The third-order valence-electron chi connectivity index (χ3n) is 3.02. The maximum Gasteiger partial charge on any atom is 0.303 e. The molecule has 1 rings (SSSR count). The van der Waals surface area contributed by atoms with Gasteiger partial charge in [0.25, 0.3) is 0 Å². The molecule has 1 aliphatic carbocycles. The Labute approximate surface area is 91.1 Å². The van der Waals surface area contributed by atoms with Crippen molar-refractivity contribution in [2.24, 2.45) is 5.41 Å². The lowest BCUT2D eigenvalue weighted by atomic mass is 9.85. The Balaban J connectivity index is 2.84. The molecule has 0 spiro atoms. The minimum Gasteiger partial charge on any atom is -0.455 e. The topological polar surface area (TPSA) is 46.5 Å². The summed E-state index contributed by atoms with van der Waals surface area (Å²) in [6, 6.07) is 0. The Kier molecular flexibility index (Phi) is 3.24. The quantitative estimate of drug-likeness (QED) is 0.534. The van der Waals surface area contributed by atoms with Gasteiger partial charge in [-0.25, -0.2) is 0 Å². The SMILES string of the molecule is CC(=O)OC1(C)C=CC(C)(C)[C@@H](O)CC1. The van der Waals surface area contributed by atoms with Crippen LogP contribution in [0.15, 0.2) is 12.2 Å². The normalized spacial score (nSPS) is 34.6. The molecular formula is C12H20O3. The lowest BCUT2D eigenvalue weighted by Crippen LogP contribution is -2.29. The van der Waals surface area contributed by atoms with Gasteiger partial charge in [-0.05, 0) is 25.8 Å². The van der Waals surface area contributed by atoms with Gasteiger partial charge in [-0.2, -0.15) is 0 Å². The number of hydrogen-bond acceptors (Lipinski definition) is 3. The zero-order valence-corrected chi connectivity index (χ0v) is 9.91. The average Bonchev–Trinajstić information content (AvgIpc) is 2.17. The number of esters is 1. The van der Waals surface area contributed by atoms with Gasteiger partial charge in [0, 0.05) is 12.3 Å². The molecule has 0 aliphatic heterocycles. The first kappa shape index (κ1) is 12.2. The van der Waals surface area contributed by atoms with Gasteiger partial charge in [-0.3, -0.25) is 4.79 Å². The first-order valence-electron chi connectivity index (χ1n) is 5.33. The number of ether oxygens (including phenoxy) is 1. The van der Waals surface area contributed by atoms with E-state index in [4.69, 9.17) is 4.74 Å². The Hall–Kier alpha value is -0.830. The van der Waals surface area contributed by atoms with Crippen LogP contribution in [0.5, 0.6) is 0 Å². The molecule has 0 radical (unpaired) electrons. The first-order chi connectivity index (χ1) is 6.75. The predicted molar refractivity (Wildman–Crippen MR) is 58.3 cm³/mol. The predicted octanol–water partition coefficient (Wildman–Crippen LogP) is 2.05. The highest BCUT2D eigenvalue weighted by molar-refractivity contribution is 5.66. The van der Waals surface area contributed by atoms with E-state index in [1.807, 2.05) is 32.9 Å². The van der Waals surface area contributed by atoms with Gasteiger partial charge in [0.05, 0.1) is 6.10 Å². The molecule has 2 atom stereocenters. The molecule has 1 N–H and O–H groups in total. The van der Waals surface area contributed by atoms with Crippen LogP contribution in [0.25, 0.3) is 0 Å². The fourth-order valence-corrected chi connectivity index (χ4v) is 1.79. The molecule has 0 fully saturated rings. The second kappa shape index (κ2) is 3.97. The smallest absolute Gasteiger partial charge is 0.303 e. The summed E-state index contributed by atoms with van der Waals surface area (Å²) in [5.74, 6) is -0.281.